The average Bonchev–Trinajstić information content (AvgIpc) is 2.86. The largest absolute Gasteiger partial charge is 0.367 e. The number of nitriles is 1. The van der Waals surface area contributed by atoms with Crippen molar-refractivity contribution in [2.45, 2.75) is 18.9 Å². The maximum Gasteiger partial charge on any atom is 0.274 e. The standard InChI is InChI=1S/C26H30N6O/c1-28-21-11-13-32(14-12-21)23-15-22(19-7-5-18(16-27)6-8-19)25(31(4)26(23)33)20-9-10-24(29-17-20)30(2)3/h5-10,15,17,21,28H,11-14H2,1-4H3. The van der Waals surface area contributed by atoms with Crippen molar-refractivity contribution < 1.29 is 0 Å². The molecule has 0 unspecified atom stereocenters. The molecule has 1 aliphatic rings. The Morgan fingerprint density at radius 2 is 1.76 bits per heavy atom. The molecular weight excluding hydrogens is 412 g/mol. The molecule has 2 aromatic heterocycles. The lowest BCUT2D eigenvalue weighted by Gasteiger charge is -2.33. The lowest BCUT2D eigenvalue weighted by Crippen LogP contribution is -2.43. The van der Waals surface area contributed by atoms with Crippen molar-refractivity contribution in [2.24, 2.45) is 7.05 Å². The van der Waals surface area contributed by atoms with Crippen LogP contribution in [0.2, 0.25) is 0 Å². The monoisotopic (exact) mass is 442 g/mol. The molecule has 3 aromatic rings. The first kappa shape index (κ1) is 22.6. The van der Waals surface area contributed by atoms with E-state index >= 15 is 0 Å². The predicted molar refractivity (Wildman–Crippen MR) is 134 cm³/mol. The zero-order valence-corrected chi connectivity index (χ0v) is 19.7. The van der Waals surface area contributed by atoms with Gasteiger partial charge in [-0.15, -0.1) is 0 Å². The summed E-state index contributed by atoms with van der Waals surface area (Å²) in [6.45, 7) is 1.68. The summed E-state index contributed by atoms with van der Waals surface area (Å²) in [6, 6.07) is 16.2. The van der Waals surface area contributed by atoms with Gasteiger partial charge in [-0.2, -0.15) is 5.26 Å². The molecule has 7 nitrogen and oxygen atoms in total. The third kappa shape index (κ3) is 4.48. The number of nitrogens with zero attached hydrogens (tertiary/aromatic N) is 5. The van der Waals surface area contributed by atoms with E-state index in [9.17, 15) is 10.1 Å². The van der Waals surface area contributed by atoms with Gasteiger partial charge in [0.2, 0.25) is 0 Å². The van der Waals surface area contributed by atoms with Crippen LogP contribution in [0.4, 0.5) is 11.5 Å². The van der Waals surface area contributed by atoms with Crippen molar-refractivity contribution in [1.82, 2.24) is 14.9 Å². The molecule has 4 rings (SSSR count). The number of nitrogens with one attached hydrogen (secondary N) is 1. The van der Waals surface area contributed by atoms with Crippen LogP contribution >= 0.6 is 0 Å². The molecule has 1 fully saturated rings. The second-order valence-corrected chi connectivity index (χ2v) is 8.69. The van der Waals surface area contributed by atoms with Gasteiger partial charge in [0, 0.05) is 57.6 Å². The minimum Gasteiger partial charge on any atom is -0.367 e. The maximum absolute atomic E-state index is 13.5. The SMILES string of the molecule is CNC1CCN(c2cc(-c3ccc(C#N)cc3)c(-c3ccc(N(C)C)nc3)n(C)c2=O)CC1. The van der Waals surface area contributed by atoms with Crippen LogP contribution < -0.4 is 20.7 Å². The zero-order valence-electron chi connectivity index (χ0n) is 19.7. The van der Waals surface area contributed by atoms with Crippen molar-refractivity contribution in [1.29, 1.82) is 5.26 Å². The Hall–Kier alpha value is -3.63. The minimum absolute atomic E-state index is 0.0120. The second kappa shape index (κ2) is 9.47. The minimum atomic E-state index is -0.0120. The lowest BCUT2D eigenvalue weighted by molar-refractivity contribution is 0.441. The van der Waals surface area contributed by atoms with Crippen molar-refractivity contribution in [3.63, 3.8) is 0 Å². The Balaban J connectivity index is 1.87. The van der Waals surface area contributed by atoms with Gasteiger partial charge in [0.15, 0.2) is 0 Å². The number of piperidine rings is 1. The van der Waals surface area contributed by atoms with Crippen LogP contribution in [0.15, 0.2) is 53.5 Å². The first-order chi connectivity index (χ1) is 15.9. The smallest absolute Gasteiger partial charge is 0.274 e. The molecule has 0 atom stereocenters. The first-order valence-corrected chi connectivity index (χ1v) is 11.2. The number of hydrogen-bond donors (Lipinski definition) is 1. The van der Waals surface area contributed by atoms with Crippen molar-refractivity contribution in [2.75, 3.05) is 44.0 Å². The summed E-state index contributed by atoms with van der Waals surface area (Å²) in [4.78, 5) is 22.2. The van der Waals surface area contributed by atoms with Gasteiger partial charge in [-0.3, -0.25) is 4.79 Å². The molecule has 0 radical (unpaired) electrons. The normalized spacial score (nSPS) is 14.2. The van der Waals surface area contributed by atoms with Crippen LogP contribution in [0.3, 0.4) is 0 Å². The van der Waals surface area contributed by atoms with E-state index in [1.54, 1.807) is 4.57 Å². The van der Waals surface area contributed by atoms with Crippen LogP contribution in [-0.4, -0.2) is 49.8 Å². The van der Waals surface area contributed by atoms with Gasteiger partial charge in [-0.1, -0.05) is 12.1 Å². The first-order valence-electron chi connectivity index (χ1n) is 11.2. The predicted octanol–water partition coefficient (Wildman–Crippen LogP) is 3.24. The molecule has 3 heterocycles. The summed E-state index contributed by atoms with van der Waals surface area (Å²) in [5, 5.41) is 12.6. The Kier molecular flexibility index (Phi) is 6.47. The molecule has 1 N–H and O–H groups in total. The van der Waals surface area contributed by atoms with Gasteiger partial charge >= 0.3 is 0 Å². The van der Waals surface area contributed by atoms with Crippen LogP contribution in [0.5, 0.6) is 0 Å². The van der Waals surface area contributed by atoms with Gasteiger partial charge in [0.25, 0.3) is 5.56 Å². The van der Waals surface area contributed by atoms with Crippen LogP contribution in [-0.2, 0) is 7.05 Å². The Bertz CT molecular complexity index is 1210. The van der Waals surface area contributed by atoms with Crippen molar-refractivity contribution in [3.05, 3.63) is 64.6 Å². The fraction of sp³-hybridized carbons (Fsp3) is 0.346. The van der Waals surface area contributed by atoms with Gasteiger partial charge in [-0.05, 0) is 55.8 Å². The van der Waals surface area contributed by atoms with E-state index in [2.05, 4.69) is 21.3 Å². The number of benzene rings is 1. The van der Waals surface area contributed by atoms with Crippen LogP contribution in [0, 0.1) is 11.3 Å². The topological polar surface area (TPSA) is 77.2 Å². The molecule has 1 saturated heterocycles. The van der Waals surface area contributed by atoms with Crippen molar-refractivity contribution in [3.8, 4) is 28.5 Å². The molecule has 0 aliphatic carbocycles. The number of pyridine rings is 2. The van der Waals surface area contributed by atoms with Crippen LogP contribution in [0.25, 0.3) is 22.4 Å². The maximum atomic E-state index is 13.5. The number of anilines is 2. The molecule has 1 aliphatic heterocycles. The van der Waals surface area contributed by atoms with E-state index in [-0.39, 0.29) is 5.56 Å². The quantitative estimate of drug-likeness (QED) is 0.654. The van der Waals surface area contributed by atoms with Crippen LogP contribution in [0.1, 0.15) is 18.4 Å². The highest BCUT2D eigenvalue weighted by atomic mass is 16.1. The van der Waals surface area contributed by atoms with E-state index in [1.165, 1.54) is 0 Å². The van der Waals surface area contributed by atoms with Gasteiger partial charge in [-0.25, -0.2) is 4.98 Å². The van der Waals surface area contributed by atoms with E-state index < -0.39 is 0 Å². The van der Waals surface area contributed by atoms with Gasteiger partial charge < -0.3 is 19.7 Å². The number of aromatic nitrogens is 2. The van der Waals surface area contributed by atoms with E-state index in [4.69, 9.17) is 0 Å². The molecule has 0 amide bonds. The fourth-order valence-corrected chi connectivity index (χ4v) is 4.44. The fourth-order valence-electron chi connectivity index (χ4n) is 4.44. The average molecular weight is 443 g/mol. The molecule has 0 bridgehead atoms. The summed E-state index contributed by atoms with van der Waals surface area (Å²) >= 11 is 0. The molecule has 33 heavy (non-hydrogen) atoms. The summed E-state index contributed by atoms with van der Waals surface area (Å²) in [5.41, 5.74) is 4.91. The summed E-state index contributed by atoms with van der Waals surface area (Å²) < 4.78 is 1.74. The summed E-state index contributed by atoms with van der Waals surface area (Å²) in [6.07, 6.45) is 3.82. The number of rotatable bonds is 5. The third-order valence-corrected chi connectivity index (χ3v) is 6.44. The van der Waals surface area contributed by atoms with E-state index in [0.29, 0.717) is 17.3 Å². The highest BCUT2D eigenvalue weighted by molar-refractivity contribution is 5.83. The molecule has 0 spiro atoms. The third-order valence-electron chi connectivity index (χ3n) is 6.44. The molecule has 170 valence electrons. The van der Waals surface area contributed by atoms with E-state index in [1.807, 2.05) is 81.8 Å². The second-order valence-electron chi connectivity index (χ2n) is 8.69. The van der Waals surface area contributed by atoms with Gasteiger partial charge in [0.05, 0.1) is 17.3 Å². The molecule has 7 heteroatoms. The zero-order chi connectivity index (χ0) is 23.5. The molecular formula is C26H30N6O. The Labute approximate surface area is 194 Å². The molecule has 0 saturated carbocycles. The van der Waals surface area contributed by atoms with Crippen molar-refractivity contribution >= 4 is 11.5 Å². The Morgan fingerprint density at radius 3 is 2.30 bits per heavy atom. The summed E-state index contributed by atoms with van der Waals surface area (Å²) in [7, 11) is 7.72. The molecule has 1 aromatic carbocycles. The van der Waals surface area contributed by atoms with E-state index in [0.717, 1.165) is 54.1 Å². The lowest BCUT2D eigenvalue weighted by atomic mass is 9.97. The highest BCUT2D eigenvalue weighted by Crippen LogP contribution is 2.34. The highest BCUT2D eigenvalue weighted by Gasteiger charge is 2.23. The Morgan fingerprint density at radius 1 is 1.09 bits per heavy atom. The summed E-state index contributed by atoms with van der Waals surface area (Å²) in [5.74, 6) is 0.854. The van der Waals surface area contributed by atoms with Gasteiger partial charge in [0.1, 0.15) is 11.5 Å². The number of hydrogen-bond acceptors (Lipinski definition) is 6.